The van der Waals surface area contributed by atoms with Gasteiger partial charge in [-0.2, -0.15) is 13.2 Å². The summed E-state index contributed by atoms with van der Waals surface area (Å²) in [5.41, 5.74) is -1.44. The standard InChI is InChI=1S/C22H31ClF6N4O2/c1-12(13-2-4-14(5-3-13)22(27,28)29)33-18(34)9-32(19-16(24)6-15(23)7-30-19)20(35)21(33)10-31(11-21)8-17(25)26/h12-17,19,30H,2-11H2,1H3/t12-,13?,14?,15?,16?,19?/m0/s1. The van der Waals surface area contributed by atoms with Crippen molar-refractivity contribution in [3.63, 3.8) is 0 Å². The molecule has 4 fully saturated rings. The number of carbonyl (C=O) groups is 2. The monoisotopic (exact) mass is 532 g/mol. The Balaban J connectivity index is 1.55. The van der Waals surface area contributed by atoms with Crippen molar-refractivity contribution in [3.05, 3.63) is 0 Å². The van der Waals surface area contributed by atoms with Crippen LogP contribution in [-0.4, -0.2) is 101 Å². The molecule has 0 aromatic heterocycles. The summed E-state index contributed by atoms with van der Waals surface area (Å²) in [5.74, 6) is -2.61. The van der Waals surface area contributed by atoms with E-state index < -0.39 is 66.2 Å². The van der Waals surface area contributed by atoms with Gasteiger partial charge < -0.3 is 9.80 Å². The molecular weight excluding hydrogens is 502 g/mol. The normalized spacial score (nSPS) is 35.5. The zero-order chi connectivity index (χ0) is 25.7. The molecule has 200 valence electrons. The Morgan fingerprint density at radius 3 is 2.31 bits per heavy atom. The van der Waals surface area contributed by atoms with Gasteiger partial charge in [0, 0.05) is 31.1 Å². The Labute approximate surface area is 205 Å². The predicted octanol–water partition coefficient (Wildman–Crippen LogP) is 3.00. The largest absolute Gasteiger partial charge is 0.391 e. The van der Waals surface area contributed by atoms with Crippen molar-refractivity contribution in [2.75, 3.05) is 32.7 Å². The van der Waals surface area contributed by atoms with E-state index in [2.05, 4.69) is 5.32 Å². The molecule has 6 nitrogen and oxygen atoms in total. The zero-order valence-electron chi connectivity index (χ0n) is 19.4. The predicted molar refractivity (Wildman–Crippen MR) is 116 cm³/mol. The number of amides is 2. The van der Waals surface area contributed by atoms with E-state index >= 15 is 0 Å². The fraction of sp³-hybridized carbons (Fsp3) is 0.909. The summed E-state index contributed by atoms with van der Waals surface area (Å²) < 4.78 is 80.2. The smallest absolute Gasteiger partial charge is 0.321 e. The van der Waals surface area contributed by atoms with Gasteiger partial charge in [0.15, 0.2) is 0 Å². The lowest BCUT2D eigenvalue weighted by molar-refractivity contribution is -0.196. The fourth-order valence-corrected chi connectivity index (χ4v) is 6.59. The molecule has 13 heteroatoms. The minimum Gasteiger partial charge on any atom is -0.321 e. The summed E-state index contributed by atoms with van der Waals surface area (Å²) in [6.07, 6.45) is -9.06. The van der Waals surface area contributed by atoms with E-state index in [1.54, 1.807) is 6.92 Å². The minimum atomic E-state index is -4.27. The first-order valence-corrected chi connectivity index (χ1v) is 12.5. The van der Waals surface area contributed by atoms with Gasteiger partial charge in [0.25, 0.3) is 12.3 Å². The van der Waals surface area contributed by atoms with Gasteiger partial charge in [-0.15, -0.1) is 11.6 Å². The average Bonchev–Trinajstić information content (AvgIpc) is 2.74. The maximum atomic E-state index is 14.8. The third kappa shape index (κ3) is 5.12. The zero-order valence-corrected chi connectivity index (χ0v) is 20.2. The highest BCUT2D eigenvalue weighted by Crippen LogP contribution is 2.44. The molecule has 1 aliphatic carbocycles. The van der Waals surface area contributed by atoms with Crippen LogP contribution in [0.3, 0.4) is 0 Å². The first-order chi connectivity index (χ1) is 16.3. The molecule has 0 aromatic carbocycles. The number of rotatable bonds is 5. The van der Waals surface area contributed by atoms with Crippen LogP contribution in [0.1, 0.15) is 39.0 Å². The van der Waals surface area contributed by atoms with Crippen molar-refractivity contribution in [3.8, 4) is 0 Å². The first kappa shape index (κ1) is 26.8. The Morgan fingerprint density at radius 1 is 1.14 bits per heavy atom. The molecule has 3 unspecified atom stereocenters. The van der Waals surface area contributed by atoms with Gasteiger partial charge in [0.1, 0.15) is 24.4 Å². The van der Waals surface area contributed by atoms with Gasteiger partial charge >= 0.3 is 6.18 Å². The van der Waals surface area contributed by atoms with Gasteiger partial charge in [-0.05, 0) is 44.9 Å². The summed E-state index contributed by atoms with van der Waals surface area (Å²) in [7, 11) is 0. The Bertz CT molecular complexity index is 803. The second-order valence-electron chi connectivity index (χ2n) is 10.4. The molecule has 0 radical (unpaired) electrons. The highest BCUT2D eigenvalue weighted by Gasteiger charge is 2.62. The third-order valence-electron chi connectivity index (χ3n) is 8.09. The van der Waals surface area contributed by atoms with Crippen LogP contribution in [0.5, 0.6) is 0 Å². The van der Waals surface area contributed by atoms with Crippen molar-refractivity contribution in [1.29, 1.82) is 0 Å². The molecule has 35 heavy (non-hydrogen) atoms. The molecule has 1 spiro atoms. The average molecular weight is 533 g/mol. The molecule has 0 aromatic rings. The second kappa shape index (κ2) is 9.89. The van der Waals surface area contributed by atoms with Crippen LogP contribution in [0.25, 0.3) is 0 Å². The lowest BCUT2D eigenvalue weighted by Crippen LogP contribution is -2.84. The number of nitrogens with one attached hydrogen (secondary N) is 1. The molecule has 1 N–H and O–H groups in total. The lowest BCUT2D eigenvalue weighted by atomic mass is 9.75. The van der Waals surface area contributed by atoms with Crippen molar-refractivity contribution in [2.24, 2.45) is 11.8 Å². The quantitative estimate of drug-likeness (QED) is 0.437. The number of piperazine rings is 1. The van der Waals surface area contributed by atoms with Crippen LogP contribution in [0.2, 0.25) is 0 Å². The Morgan fingerprint density at radius 2 is 1.77 bits per heavy atom. The van der Waals surface area contributed by atoms with Crippen LogP contribution in [0.15, 0.2) is 0 Å². The van der Waals surface area contributed by atoms with E-state index in [1.165, 1.54) is 9.80 Å². The number of halogens is 7. The summed E-state index contributed by atoms with van der Waals surface area (Å²) >= 11 is 6.00. The molecule has 4 rings (SSSR count). The van der Waals surface area contributed by atoms with Crippen molar-refractivity contribution >= 4 is 23.4 Å². The maximum absolute atomic E-state index is 14.8. The molecule has 4 aliphatic rings. The SMILES string of the molecule is C[C@@H](C1CCC(C(F)(F)F)CC1)N1C(=O)CN(C2NCC(Cl)CC2F)C(=O)C12CN(CC(F)F)C2. The van der Waals surface area contributed by atoms with Crippen LogP contribution >= 0.6 is 11.6 Å². The molecule has 3 heterocycles. The summed E-state index contributed by atoms with van der Waals surface area (Å²) in [6, 6.07) is -0.552. The highest BCUT2D eigenvalue weighted by atomic mass is 35.5. The number of hydrogen-bond donors (Lipinski definition) is 1. The van der Waals surface area contributed by atoms with E-state index in [1.807, 2.05) is 0 Å². The number of alkyl halides is 7. The fourth-order valence-electron chi connectivity index (χ4n) is 6.33. The van der Waals surface area contributed by atoms with E-state index in [-0.39, 0.29) is 64.2 Å². The van der Waals surface area contributed by atoms with E-state index in [0.717, 1.165) is 4.90 Å². The highest BCUT2D eigenvalue weighted by molar-refractivity contribution is 6.20. The summed E-state index contributed by atoms with van der Waals surface area (Å²) in [5, 5.41) is 2.42. The van der Waals surface area contributed by atoms with E-state index in [0.29, 0.717) is 0 Å². The molecule has 1 saturated carbocycles. The van der Waals surface area contributed by atoms with Crippen LogP contribution in [0, 0.1) is 11.8 Å². The Hall–Kier alpha value is -1.27. The second-order valence-corrected chi connectivity index (χ2v) is 11.0. The number of piperidine rings is 1. The van der Waals surface area contributed by atoms with Crippen molar-refractivity contribution in [2.45, 2.75) is 80.9 Å². The van der Waals surface area contributed by atoms with Crippen LogP contribution in [-0.2, 0) is 9.59 Å². The Kier molecular flexibility index (Phi) is 7.57. The van der Waals surface area contributed by atoms with Gasteiger partial charge in [-0.3, -0.25) is 19.8 Å². The van der Waals surface area contributed by atoms with Gasteiger partial charge in [0.05, 0.1) is 12.5 Å². The molecule has 3 aliphatic heterocycles. The van der Waals surface area contributed by atoms with Gasteiger partial charge in [-0.1, -0.05) is 0 Å². The first-order valence-electron chi connectivity index (χ1n) is 12.1. The number of likely N-dealkylation sites (tertiary alicyclic amines) is 1. The topological polar surface area (TPSA) is 55.9 Å². The number of hydrogen-bond acceptors (Lipinski definition) is 4. The van der Waals surface area contributed by atoms with Crippen molar-refractivity contribution in [1.82, 2.24) is 20.0 Å². The number of nitrogens with zero attached hydrogens (tertiary/aromatic N) is 3. The molecule has 3 saturated heterocycles. The number of carbonyl (C=O) groups excluding carboxylic acids is 2. The molecular formula is C22H31ClF6N4O2. The maximum Gasteiger partial charge on any atom is 0.391 e. The summed E-state index contributed by atoms with van der Waals surface area (Å²) in [6.45, 7) is 0.765. The van der Waals surface area contributed by atoms with Crippen LogP contribution < -0.4 is 5.32 Å². The minimum absolute atomic E-state index is 0.00423. The van der Waals surface area contributed by atoms with Crippen LogP contribution in [0.4, 0.5) is 26.3 Å². The third-order valence-corrected chi connectivity index (χ3v) is 8.43. The lowest BCUT2D eigenvalue weighted by Gasteiger charge is -2.61. The van der Waals surface area contributed by atoms with Gasteiger partial charge in [-0.25, -0.2) is 13.2 Å². The van der Waals surface area contributed by atoms with E-state index in [4.69, 9.17) is 11.6 Å². The molecule has 0 bridgehead atoms. The molecule has 2 amide bonds. The molecule has 4 atom stereocenters. The van der Waals surface area contributed by atoms with Gasteiger partial charge in [0.2, 0.25) is 5.91 Å². The van der Waals surface area contributed by atoms with Crippen molar-refractivity contribution < 1.29 is 35.9 Å². The summed E-state index contributed by atoms with van der Waals surface area (Å²) in [4.78, 5) is 31.1. The van der Waals surface area contributed by atoms with E-state index in [9.17, 15) is 35.9 Å².